The first kappa shape index (κ1) is 23.2. The summed E-state index contributed by atoms with van der Waals surface area (Å²) in [6.45, 7) is 0.934. The average molecular weight is 460 g/mol. The second kappa shape index (κ2) is 10.8. The highest BCUT2D eigenvalue weighted by Gasteiger charge is 2.25. The third-order valence-electron chi connectivity index (χ3n) is 5.39. The maximum absolute atomic E-state index is 13.4. The molecule has 0 fully saturated rings. The second-order valence-electron chi connectivity index (χ2n) is 7.76. The van der Waals surface area contributed by atoms with E-state index in [1.54, 1.807) is 16.7 Å². The van der Waals surface area contributed by atoms with Gasteiger partial charge in [0.25, 0.3) is 5.91 Å². The fraction of sp³-hybridized carbons (Fsp3) is 0.185. The van der Waals surface area contributed by atoms with E-state index in [1.807, 2.05) is 67.7 Å². The van der Waals surface area contributed by atoms with Gasteiger partial charge in [-0.1, -0.05) is 48.5 Å². The fourth-order valence-corrected chi connectivity index (χ4v) is 3.67. The van der Waals surface area contributed by atoms with E-state index in [0.717, 1.165) is 16.8 Å². The Labute approximate surface area is 198 Å². The zero-order chi connectivity index (χ0) is 23.9. The van der Waals surface area contributed by atoms with Crippen molar-refractivity contribution in [2.24, 2.45) is 7.05 Å². The fourth-order valence-electron chi connectivity index (χ4n) is 3.67. The molecule has 6 nitrogen and oxygen atoms in total. The molecule has 0 aliphatic heterocycles. The van der Waals surface area contributed by atoms with Gasteiger partial charge in [-0.15, -0.1) is 0 Å². The van der Waals surface area contributed by atoms with Crippen LogP contribution in [0.15, 0.2) is 84.9 Å². The van der Waals surface area contributed by atoms with Gasteiger partial charge in [0.2, 0.25) is 5.88 Å². The van der Waals surface area contributed by atoms with Crippen LogP contribution in [0.5, 0.6) is 11.6 Å². The Kier molecular flexibility index (Phi) is 7.34. The van der Waals surface area contributed by atoms with Crippen molar-refractivity contribution in [3.63, 3.8) is 0 Å². The number of amides is 1. The molecule has 4 rings (SSSR count). The lowest BCUT2D eigenvalue weighted by molar-refractivity contribution is 0.0679. The molecule has 1 aromatic heterocycles. The van der Waals surface area contributed by atoms with Gasteiger partial charge in [-0.2, -0.15) is 5.10 Å². The number of carbonyl (C=O) groups excluding carboxylic acids is 1. The van der Waals surface area contributed by atoms with Gasteiger partial charge in [-0.05, 0) is 36.4 Å². The Morgan fingerprint density at radius 2 is 1.62 bits per heavy atom. The number of aryl methyl sites for hydroxylation is 1. The van der Waals surface area contributed by atoms with Crippen molar-refractivity contribution in [1.29, 1.82) is 0 Å². The number of benzene rings is 3. The summed E-state index contributed by atoms with van der Waals surface area (Å²) in [6, 6.07) is 24.7. The van der Waals surface area contributed by atoms with Crippen molar-refractivity contribution in [2.75, 3.05) is 20.3 Å². The summed E-state index contributed by atoms with van der Waals surface area (Å²) in [4.78, 5) is 15.0. The van der Waals surface area contributed by atoms with Crippen molar-refractivity contribution in [1.82, 2.24) is 14.7 Å². The van der Waals surface area contributed by atoms with E-state index in [4.69, 9.17) is 14.6 Å². The van der Waals surface area contributed by atoms with Crippen LogP contribution in [0.4, 0.5) is 4.39 Å². The standard InChI is InChI=1S/C27H26FN3O3/c1-30-27(34-23-11-7-4-8-12-23)24(25(29-30)20-9-5-3-6-10-20)19-31(17-18-33-2)26(32)21-13-15-22(28)16-14-21/h3-16H,17-19H2,1-2H3. The van der Waals surface area contributed by atoms with E-state index in [2.05, 4.69) is 0 Å². The van der Waals surface area contributed by atoms with Crippen molar-refractivity contribution in [2.45, 2.75) is 6.54 Å². The molecule has 34 heavy (non-hydrogen) atoms. The molecule has 0 N–H and O–H groups in total. The summed E-state index contributed by atoms with van der Waals surface area (Å²) in [5.41, 5.74) is 2.80. The van der Waals surface area contributed by atoms with Crippen LogP contribution in [0.25, 0.3) is 11.3 Å². The van der Waals surface area contributed by atoms with Crippen LogP contribution in [0, 0.1) is 5.82 Å². The quantitative estimate of drug-likeness (QED) is 0.341. The first-order valence-electron chi connectivity index (χ1n) is 10.9. The van der Waals surface area contributed by atoms with Gasteiger partial charge in [-0.3, -0.25) is 4.79 Å². The predicted molar refractivity (Wildman–Crippen MR) is 128 cm³/mol. The van der Waals surface area contributed by atoms with Crippen LogP contribution in [0.1, 0.15) is 15.9 Å². The third-order valence-corrected chi connectivity index (χ3v) is 5.39. The Morgan fingerprint density at radius 1 is 0.971 bits per heavy atom. The van der Waals surface area contributed by atoms with E-state index < -0.39 is 5.82 Å². The van der Waals surface area contributed by atoms with Gasteiger partial charge >= 0.3 is 0 Å². The van der Waals surface area contributed by atoms with Crippen molar-refractivity contribution in [3.05, 3.63) is 102 Å². The minimum atomic E-state index is -0.392. The normalized spacial score (nSPS) is 10.8. The number of ether oxygens (including phenoxy) is 2. The van der Waals surface area contributed by atoms with Crippen molar-refractivity contribution in [3.8, 4) is 22.9 Å². The highest BCUT2D eigenvalue weighted by atomic mass is 19.1. The number of halogens is 1. The summed E-state index contributed by atoms with van der Waals surface area (Å²) in [5.74, 6) is 0.585. The zero-order valence-electron chi connectivity index (χ0n) is 19.1. The SMILES string of the molecule is COCCN(Cc1c(-c2ccccc2)nn(C)c1Oc1ccccc1)C(=O)c1ccc(F)cc1. The van der Waals surface area contributed by atoms with Gasteiger partial charge in [-0.25, -0.2) is 9.07 Å². The molecule has 0 spiro atoms. The third kappa shape index (κ3) is 5.32. The van der Waals surface area contributed by atoms with E-state index >= 15 is 0 Å². The number of hydrogen-bond acceptors (Lipinski definition) is 4. The van der Waals surface area contributed by atoms with Crippen LogP contribution in [0.3, 0.4) is 0 Å². The maximum Gasteiger partial charge on any atom is 0.254 e. The molecule has 0 saturated heterocycles. The van der Waals surface area contributed by atoms with Gasteiger partial charge in [0.1, 0.15) is 17.3 Å². The lowest BCUT2D eigenvalue weighted by Gasteiger charge is -2.23. The van der Waals surface area contributed by atoms with Crippen LogP contribution in [-0.2, 0) is 18.3 Å². The Bertz CT molecular complexity index is 1230. The van der Waals surface area contributed by atoms with Gasteiger partial charge in [0.15, 0.2) is 0 Å². The number of rotatable bonds is 9. The van der Waals surface area contributed by atoms with Crippen LogP contribution in [0.2, 0.25) is 0 Å². The van der Waals surface area contributed by atoms with E-state index in [9.17, 15) is 9.18 Å². The topological polar surface area (TPSA) is 56.6 Å². The largest absolute Gasteiger partial charge is 0.439 e. The van der Waals surface area contributed by atoms with E-state index in [1.165, 1.54) is 24.3 Å². The predicted octanol–water partition coefficient (Wildman–Crippen LogP) is 5.31. The lowest BCUT2D eigenvalue weighted by atomic mass is 10.1. The maximum atomic E-state index is 13.4. The van der Waals surface area contributed by atoms with E-state index in [0.29, 0.717) is 30.3 Å². The summed E-state index contributed by atoms with van der Waals surface area (Å²) < 4.78 is 26.6. The summed E-state index contributed by atoms with van der Waals surface area (Å²) in [5, 5.41) is 4.73. The van der Waals surface area contributed by atoms with E-state index in [-0.39, 0.29) is 12.5 Å². The number of carbonyl (C=O) groups is 1. The molecule has 1 amide bonds. The Balaban J connectivity index is 1.75. The molecule has 0 bridgehead atoms. The van der Waals surface area contributed by atoms with Crippen molar-refractivity contribution < 1.29 is 18.7 Å². The number of methoxy groups -OCH3 is 1. The molecule has 7 heteroatoms. The molecule has 0 unspecified atom stereocenters. The lowest BCUT2D eigenvalue weighted by Crippen LogP contribution is -2.33. The molecule has 3 aromatic carbocycles. The minimum absolute atomic E-state index is 0.231. The summed E-state index contributed by atoms with van der Waals surface area (Å²) >= 11 is 0. The molecular formula is C27H26FN3O3. The molecule has 4 aromatic rings. The molecule has 0 radical (unpaired) electrons. The Morgan fingerprint density at radius 3 is 2.26 bits per heavy atom. The molecule has 0 saturated carbocycles. The smallest absolute Gasteiger partial charge is 0.254 e. The molecular weight excluding hydrogens is 433 g/mol. The molecule has 0 aliphatic carbocycles. The van der Waals surface area contributed by atoms with Gasteiger partial charge in [0.05, 0.1) is 18.7 Å². The molecule has 0 atom stereocenters. The first-order valence-corrected chi connectivity index (χ1v) is 10.9. The molecule has 1 heterocycles. The minimum Gasteiger partial charge on any atom is -0.439 e. The Hall–Kier alpha value is -3.97. The monoisotopic (exact) mass is 459 g/mol. The first-order chi connectivity index (χ1) is 16.6. The molecule has 0 aliphatic rings. The number of para-hydroxylation sites is 1. The van der Waals surface area contributed by atoms with Gasteiger partial charge in [0, 0.05) is 31.8 Å². The van der Waals surface area contributed by atoms with Crippen LogP contribution in [-0.4, -0.2) is 40.8 Å². The zero-order valence-corrected chi connectivity index (χ0v) is 19.1. The highest BCUT2D eigenvalue weighted by Crippen LogP contribution is 2.34. The average Bonchev–Trinajstić information content (AvgIpc) is 3.17. The number of hydrogen-bond donors (Lipinski definition) is 0. The highest BCUT2D eigenvalue weighted by molar-refractivity contribution is 5.94. The molecule has 174 valence electrons. The van der Waals surface area contributed by atoms with Crippen LogP contribution < -0.4 is 4.74 Å². The number of nitrogens with zero attached hydrogens (tertiary/aromatic N) is 3. The summed E-state index contributed by atoms with van der Waals surface area (Å²) in [6.07, 6.45) is 0. The second-order valence-corrected chi connectivity index (χ2v) is 7.76. The van der Waals surface area contributed by atoms with Crippen molar-refractivity contribution >= 4 is 5.91 Å². The van der Waals surface area contributed by atoms with Crippen LogP contribution >= 0.6 is 0 Å². The number of aromatic nitrogens is 2. The summed E-state index contributed by atoms with van der Waals surface area (Å²) in [7, 11) is 3.40. The van der Waals surface area contributed by atoms with Gasteiger partial charge < -0.3 is 14.4 Å².